The molecule has 1 aromatic rings. The van der Waals surface area contributed by atoms with Gasteiger partial charge in [0.15, 0.2) is 0 Å². The van der Waals surface area contributed by atoms with Crippen LogP contribution in [0, 0.1) is 5.92 Å². The van der Waals surface area contributed by atoms with E-state index in [1.165, 1.54) is 5.69 Å². The third-order valence-electron chi connectivity index (χ3n) is 2.41. The van der Waals surface area contributed by atoms with Crippen LogP contribution in [0.15, 0.2) is 22.7 Å². The number of anilines is 2. The molecule has 1 saturated heterocycles. The fourth-order valence-corrected chi connectivity index (χ4v) is 1.88. The average molecular weight is 241 g/mol. The summed E-state index contributed by atoms with van der Waals surface area (Å²) in [6.45, 7) is 4.57. The SMILES string of the molecule is CC1CN(c2ccc(Br)c(N)c2)C1. The molecule has 1 aliphatic rings. The van der Waals surface area contributed by atoms with E-state index in [-0.39, 0.29) is 0 Å². The molecule has 0 bridgehead atoms. The van der Waals surface area contributed by atoms with E-state index in [2.05, 4.69) is 33.8 Å². The molecule has 0 spiro atoms. The molecule has 0 atom stereocenters. The average Bonchev–Trinajstić information content (AvgIpc) is 2.05. The molecule has 0 aromatic heterocycles. The summed E-state index contributed by atoms with van der Waals surface area (Å²) in [5, 5.41) is 0. The van der Waals surface area contributed by atoms with Crippen LogP contribution in [0.1, 0.15) is 6.92 Å². The van der Waals surface area contributed by atoms with Gasteiger partial charge in [-0.05, 0) is 40.0 Å². The van der Waals surface area contributed by atoms with Crippen LogP contribution in [0.25, 0.3) is 0 Å². The fraction of sp³-hybridized carbons (Fsp3) is 0.400. The van der Waals surface area contributed by atoms with Crippen molar-refractivity contribution < 1.29 is 0 Å². The molecule has 0 saturated carbocycles. The van der Waals surface area contributed by atoms with Crippen molar-refractivity contribution in [2.75, 3.05) is 23.7 Å². The van der Waals surface area contributed by atoms with Crippen molar-refractivity contribution in [3.63, 3.8) is 0 Å². The summed E-state index contributed by atoms with van der Waals surface area (Å²) in [5.74, 6) is 0.824. The lowest BCUT2D eigenvalue weighted by Crippen LogP contribution is -2.45. The first-order chi connectivity index (χ1) is 6.16. The third-order valence-corrected chi connectivity index (χ3v) is 3.13. The number of rotatable bonds is 1. The van der Waals surface area contributed by atoms with Crippen LogP contribution in [0.4, 0.5) is 11.4 Å². The van der Waals surface area contributed by atoms with E-state index in [0.29, 0.717) is 0 Å². The quantitative estimate of drug-likeness (QED) is 0.765. The minimum Gasteiger partial charge on any atom is -0.398 e. The minimum atomic E-state index is 0.817. The molecular formula is C10H13BrN2. The largest absolute Gasteiger partial charge is 0.398 e. The highest BCUT2D eigenvalue weighted by Crippen LogP contribution is 2.29. The smallest absolute Gasteiger partial charge is 0.0479 e. The summed E-state index contributed by atoms with van der Waals surface area (Å²) in [7, 11) is 0. The highest BCUT2D eigenvalue weighted by molar-refractivity contribution is 9.10. The number of nitrogen functional groups attached to an aromatic ring is 1. The standard InChI is InChI=1S/C10H13BrN2/c1-7-5-13(6-7)8-2-3-9(11)10(12)4-8/h2-4,7H,5-6,12H2,1H3. The van der Waals surface area contributed by atoms with Crippen LogP contribution in [0.3, 0.4) is 0 Å². The summed E-state index contributed by atoms with van der Waals surface area (Å²) < 4.78 is 0.977. The number of benzene rings is 1. The van der Waals surface area contributed by atoms with Crippen LogP contribution in [-0.4, -0.2) is 13.1 Å². The number of hydrogen-bond donors (Lipinski definition) is 1. The molecular weight excluding hydrogens is 228 g/mol. The van der Waals surface area contributed by atoms with Gasteiger partial charge in [-0.3, -0.25) is 0 Å². The lowest BCUT2D eigenvalue weighted by molar-refractivity contribution is 0.447. The van der Waals surface area contributed by atoms with E-state index in [9.17, 15) is 0 Å². The summed E-state index contributed by atoms with van der Waals surface area (Å²) in [5.41, 5.74) is 7.85. The number of nitrogens with zero attached hydrogens (tertiary/aromatic N) is 1. The number of nitrogens with two attached hydrogens (primary N) is 1. The molecule has 1 fully saturated rings. The number of halogens is 1. The van der Waals surface area contributed by atoms with Gasteiger partial charge in [-0.1, -0.05) is 6.92 Å². The van der Waals surface area contributed by atoms with Crippen LogP contribution >= 0.6 is 15.9 Å². The van der Waals surface area contributed by atoms with E-state index in [0.717, 1.165) is 29.2 Å². The maximum Gasteiger partial charge on any atom is 0.0479 e. The minimum absolute atomic E-state index is 0.817. The molecule has 0 unspecified atom stereocenters. The first-order valence-electron chi connectivity index (χ1n) is 4.47. The maximum atomic E-state index is 5.80. The Hall–Kier alpha value is -0.700. The predicted molar refractivity (Wildman–Crippen MR) is 59.9 cm³/mol. The summed E-state index contributed by atoms with van der Waals surface area (Å²) in [6, 6.07) is 6.13. The van der Waals surface area contributed by atoms with E-state index < -0.39 is 0 Å². The van der Waals surface area contributed by atoms with E-state index >= 15 is 0 Å². The van der Waals surface area contributed by atoms with Crippen LogP contribution in [-0.2, 0) is 0 Å². The van der Waals surface area contributed by atoms with E-state index in [1.807, 2.05) is 12.1 Å². The first-order valence-corrected chi connectivity index (χ1v) is 5.26. The highest BCUT2D eigenvalue weighted by Gasteiger charge is 2.22. The van der Waals surface area contributed by atoms with Crippen molar-refractivity contribution in [2.24, 2.45) is 5.92 Å². The van der Waals surface area contributed by atoms with Gasteiger partial charge in [-0.25, -0.2) is 0 Å². The van der Waals surface area contributed by atoms with E-state index in [1.54, 1.807) is 0 Å². The van der Waals surface area contributed by atoms with Crippen molar-refractivity contribution in [3.8, 4) is 0 Å². The third kappa shape index (κ3) is 1.66. The topological polar surface area (TPSA) is 29.3 Å². The van der Waals surface area contributed by atoms with Crippen molar-refractivity contribution >= 4 is 27.3 Å². The van der Waals surface area contributed by atoms with Crippen molar-refractivity contribution in [1.29, 1.82) is 0 Å². The Bertz CT molecular complexity index is 319. The summed E-state index contributed by atoms with van der Waals surface area (Å²) >= 11 is 3.39. The van der Waals surface area contributed by atoms with Crippen LogP contribution in [0.5, 0.6) is 0 Å². The van der Waals surface area contributed by atoms with Gasteiger partial charge in [0, 0.05) is 28.9 Å². The molecule has 13 heavy (non-hydrogen) atoms. The van der Waals surface area contributed by atoms with Gasteiger partial charge in [0.2, 0.25) is 0 Å². The zero-order valence-corrected chi connectivity index (χ0v) is 9.21. The molecule has 70 valence electrons. The molecule has 1 aromatic carbocycles. The van der Waals surface area contributed by atoms with Gasteiger partial charge < -0.3 is 10.6 Å². The second-order valence-electron chi connectivity index (χ2n) is 3.72. The Labute approximate surface area is 86.9 Å². The lowest BCUT2D eigenvalue weighted by atomic mass is 10.0. The van der Waals surface area contributed by atoms with Gasteiger partial charge in [-0.15, -0.1) is 0 Å². The first kappa shape index (κ1) is 8.88. The Morgan fingerprint density at radius 3 is 2.69 bits per heavy atom. The molecule has 1 aliphatic heterocycles. The zero-order valence-electron chi connectivity index (χ0n) is 7.63. The van der Waals surface area contributed by atoms with Gasteiger partial charge in [-0.2, -0.15) is 0 Å². The Morgan fingerprint density at radius 2 is 2.15 bits per heavy atom. The Morgan fingerprint density at radius 1 is 1.46 bits per heavy atom. The van der Waals surface area contributed by atoms with Crippen LogP contribution in [0.2, 0.25) is 0 Å². The number of hydrogen-bond acceptors (Lipinski definition) is 2. The Kier molecular flexibility index (Phi) is 2.20. The van der Waals surface area contributed by atoms with Crippen molar-refractivity contribution in [2.45, 2.75) is 6.92 Å². The van der Waals surface area contributed by atoms with E-state index in [4.69, 9.17) is 5.73 Å². The van der Waals surface area contributed by atoms with Gasteiger partial charge in [0.25, 0.3) is 0 Å². The fourth-order valence-electron chi connectivity index (χ4n) is 1.64. The summed E-state index contributed by atoms with van der Waals surface area (Å²) in [4.78, 5) is 2.34. The molecule has 1 heterocycles. The monoisotopic (exact) mass is 240 g/mol. The molecule has 3 heteroatoms. The summed E-state index contributed by atoms with van der Waals surface area (Å²) in [6.07, 6.45) is 0. The lowest BCUT2D eigenvalue weighted by Gasteiger charge is -2.39. The van der Waals surface area contributed by atoms with Crippen molar-refractivity contribution in [1.82, 2.24) is 0 Å². The molecule has 2 rings (SSSR count). The van der Waals surface area contributed by atoms with Gasteiger partial charge in [0.05, 0.1) is 0 Å². The Balaban J connectivity index is 2.18. The molecule has 0 aliphatic carbocycles. The highest BCUT2D eigenvalue weighted by atomic mass is 79.9. The van der Waals surface area contributed by atoms with Crippen molar-refractivity contribution in [3.05, 3.63) is 22.7 Å². The molecule has 2 N–H and O–H groups in total. The normalized spacial score (nSPS) is 17.2. The van der Waals surface area contributed by atoms with Gasteiger partial charge in [0.1, 0.15) is 0 Å². The second kappa shape index (κ2) is 3.22. The van der Waals surface area contributed by atoms with Crippen LogP contribution < -0.4 is 10.6 Å². The predicted octanol–water partition coefficient (Wildman–Crippen LogP) is 2.49. The zero-order chi connectivity index (χ0) is 9.42. The molecule has 0 radical (unpaired) electrons. The maximum absolute atomic E-state index is 5.80. The second-order valence-corrected chi connectivity index (χ2v) is 4.57. The molecule has 0 amide bonds. The van der Waals surface area contributed by atoms with Gasteiger partial charge >= 0.3 is 0 Å². The molecule has 2 nitrogen and oxygen atoms in total.